The largest absolute Gasteiger partial charge is 0.491 e. The minimum atomic E-state index is -3.52. The average molecular weight is 473 g/mol. The van der Waals surface area contributed by atoms with Crippen molar-refractivity contribution in [2.75, 3.05) is 25.4 Å². The fraction of sp³-hybridized carbons (Fsp3) is 0.292. The van der Waals surface area contributed by atoms with E-state index in [0.717, 1.165) is 11.1 Å². The van der Waals surface area contributed by atoms with E-state index in [1.807, 2.05) is 42.5 Å². The molecule has 0 spiro atoms. The molecule has 8 heteroatoms. The zero-order chi connectivity index (χ0) is 23.0. The number of aromatic nitrogens is 1. The molecule has 0 aliphatic rings. The van der Waals surface area contributed by atoms with Crippen LogP contribution in [0, 0.1) is 0 Å². The number of sulfonamides is 1. The van der Waals surface area contributed by atoms with Crippen LogP contribution in [0.15, 0.2) is 82.8 Å². The summed E-state index contributed by atoms with van der Waals surface area (Å²) < 4.78 is 32.1. The average Bonchev–Trinajstić information content (AvgIpc) is 2.83. The second kappa shape index (κ2) is 11.5. The maximum Gasteiger partial charge on any atom is 0.244 e. The Morgan fingerprint density at radius 3 is 2.22 bits per heavy atom. The Morgan fingerprint density at radius 1 is 0.969 bits per heavy atom. The van der Waals surface area contributed by atoms with Gasteiger partial charge < -0.3 is 9.84 Å². The lowest BCUT2D eigenvalue weighted by molar-refractivity contribution is 0.126. The summed E-state index contributed by atoms with van der Waals surface area (Å²) in [4.78, 5) is 4.40. The molecule has 0 aliphatic heterocycles. The summed E-state index contributed by atoms with van der Waals surface area (Å²) >= 11 is 1.35. The number of hydrogen-bond acceptors (Lipinski definition) is 6. The van der Waals surface area contributed by atoms with Gasteiger partial charge in [-0.2, -0.15) is 4.31 Å². The molecular formula is C24H28N2O4S2. The second-order valence-electron chi connectivity index (χ2n) is 7.09. The van der Waals surface area contributed by atoms with Crippen molar-refractivity contribution < 1.29 is 18.3 Å². The molecule has 0 saturated heterocycles. The van der Waals surface area contributed by atoms with E-state index in [0.29, 0.717) is 29.6 Å². The van der Waals surface area contributed by atoms with Crippen molar-refractivity contribution in [3.63, 3.8) is 0 Å². The highest BCUT2D eigenvalue weighted by Crippen LogP contribution is 2.23. The summed E-state index contributed by atoms with van der Waals surface area (Å²) in [6.07, 6.45) is 0.683. The Labute approximate surface area is 194 Å². The highest BCUT2D eigenvalue weighted by Gasteiger charge is 2.21. The molecule has 1 heterocycles. The lowest BCUT2D eigenvalue weighted by atomic mass is 10.1. The van der Waals surface area contributed by atoms with Gasteiger partial charge in [-0.3, -0.25) is 0 Å². The number of pyridine rings is 1. The fourth-order valence-corrected chi connectivity index (χ4v) is 5.27. The van der Waals surface area contributed by atoms with Crippen molar-refractivity contribution in [1.82, 2.24) is 9.29 Å². The van der Waals surface area contributed by atoms with Gasteiger partial charge in [0.2, 0.25) is 10.0 Å². The SMILES string of the molecule is CCN(CC)S(=O)(=O)c1ccc(SCC(O)COc2ccc(-c3ccccc3)cc2)nc1. The molecule has 0 fully saturated rings. The maximum atomic E-state index is 12.5. The number of aliphatic hydroxyl groups is 1. The molecule has 170 valence electrons. The molecule has 2 aromatic carbocycles. The topological polar surface area (TPSA) is 79.7 Å². The Morgan fingerprint density at radius 2 is 1.62 bits per heavy atom. The van der Waals surface area contributed by atoms with E-state index in [2.05, 4.69) is 17.1 Å². The maximum absolute atomic E-state index is 12.5. The highest BCUT2D eigenvalue weighted by atomic mass is 32.2. The highest BCUT2D eigenvalue weighted by molar-refractivity contribution is 7.99. The molecule has 3 aromatic rings. The van der Waals surface area contributed by atoms with Gasteiger partial charge in [0, 0.05) is 25.0 Å². The van der Waals surface area contributed by atoms with Crippen LogP contribution in [0.2, 0.25) is 0 Å². The van der Waals surface area contributed by atoms with E-state index in [1.165, 1.54) is 22.3 Å². The molecule has 0 saturated carbocycles. The van der Waals surface area contributed by atoms with Gasteiger partial charge in [-0.05, 0) is 35.4 Å². The number of rotatable bonds is 11. The molecule has 1 N–H and O–H groups in total. The summed E-state index contributed by atoms with van der Waals surface area (Å²) in [5.74, 6) is 1.08. The molecular weight excluding hydrogens is 444 g/mol. The molecule has 32 heavy (non-hydrogen) atoms. The number of aliphatic hydroxyl groups excluding tert-OH is 1. The van der Waals surface area contributed by atoms with Crippen molar-refractivity contribution in [1.29, 1.82) is 0 Å². The van der Waals surface area contributed by atoms with Gasteiger partial charge >= 0.3 is 0 Å². The molecule has 3 rings (SSSR count). The van der Waals surface area contributed by atoms with Gasteiger partial charge in [0.15, 0.2) is 0 Å². The number of ether oxygens (including phenoxy) is 1. The van der Waals surface area contributed by atoms with Crippen molar-refractivity contribution in [3.8, 4) is 16.9 Å². The molecule has 0 radical (unpaired) electrons. The fourth-order valence-electron chi connectivity index (χ4n) is 3.11. The zero-order valence-electron chi connectivity index (χ0n) is 18.2. The second-order valence-corrected chi connectivity index (χ2v) is 10.1. The van der Waals surface area contributed by atoms with E-state index in [4.69, 9.17) is 4.74 Å². The first-order valence-electron chi connectivity index (χ1n) is 10.5. The van der Waals surface area contributed by atoms with Crippen LogP contribution in [0.4, 0.5) is 0 Å². The summed E-state index contributed by atoms with van der Waals surface area (Å²) in [5.41, 5.74) is 2.24. The van der Waals surface area contributed by atoms with Crippen LogP contribution in [0.25, 0.3) is 11.1 Å². The molecule has 0 aliphatic carbocycles. The minimum absolute atomic E-state index is 0.159. The third-order valence-corrected chi connectivity index (χ3v) is 8.00. The van der Waals surface area contributed by atoms with E-state index in [1.54, 1.807) is 26.0 Å². The monoisotopic (exact) mass is 472 g/mol. The zero-order valence-corrected chi connectivity index (χ0v) is 19.8. The van der Waals surface area contributed by atoms with Gasteiger partial charge in [0.05, 0.1) is 11.1 Å². The van der Waals surface area contributed by atoms with Crippen LogP contribution in [0.1, 0.15) is 13.8 Å². The van der Waals surface area contributed by atoms with Crippen molar-refractivity contribution >= 4 is 21.8 Å². The van der Waals surface area contributed by atoms with E-state index >= 15 is 0 Å². The van der Waals surface area contributed by atoms with Gasteiger partial charge in [-0.15, -0.1) is 11.8 Å². The Kier molecular flexibility index (Phi) is 8.69. The summed E-state index contributed by atoms with van der Waals surface area (Å²) in [5, 5.41) is 10.9. The third kappa shape index (κ3) is 6.32. The molecule has 0 amide bonds. The van der Waals surface area contributed by atoms with Gasteiger partial charge in [-0.25, -0.2) is 13.4 Å². The Bertz CT molecular complexity index is 1070. The molecule has 1 aromatic heterocycles. The van der Waals surface area contributed by atoms with Crippen LogP contribution >= 0.6 is 11.8 Å². The smallest absolute Gasteiger partial charge is 0.244 e. The first kappa shape index (κ1) is 24.3. The Hall–Kier alpha value is -2.39. The lowest BCUT2D eigenvalue weighted by Crippen LogP contribution is -2.30. The van der Waals surface area contributed by atoms with E-state index < -0.39 is 16.1 Å². The number of hydrogen-bond donors (Lipinski definition) is 1. The summed E-state index contributed by atoms with van der Waals surface area (Å²) in [6.45, 7) is 4.60. The van der Waals surface area contributed by atoms with E-state index in [9.17, 15) is 13.5 Å². The number of nitrogens with zero attached hydrogens (tertiary/aromatic N) is 2. The number of thioether (sulfide) groups is 1. The first-order valence-corrected chi connectivity index (χ1v) is 12.9. The summed E-state index contributed by atoms with van der Waals surface area (Å²) in [6, 6.07) is 21.1. The van der Waals surface area contributed by atoms with Gasteiger partial charge in [0.25, 0.3) is 0 Å². The van der Waals surface area contributed by atoms with Crippen LogP contribution in [0.5, 0.6) is 5.75 Å². The van der Waals surface area contributed by atoms with Gasteiger partial charge in [-0.1, -0.05) is 56.3 Å². The van der Waals surface area contributed by atoms with Crippen LogP contribution in [0.3, 0.4) is 0 Å². The molecule has 0 bridgehead atoms. The summed E-state index contributed by atoms with van der Waals surface area (Å²) in [7, 11) is -3.52. The lowest BCUT2D eigenvalue weighted by Gasteiger charge is -2.18. The normalized spacial score (nSPS) is 12.6. The minimum Gasteiger partial charge on any atom is -0.491 e. The van der Waals surface area contributed by atoms with Crippen LogP contribution in [-0.4, -0.2) is 54.4 Å². The quantitative estimate of drug-likeness (QED) is 0.419. The molecule has 1 atom stereocenters. The van der Waals surface area contributed by atoms with Crippen LogP contribution in [-0.2, 0) is 10.0 Å². The number of benzene rings is 2. The predicted molar refractivity (Wildman–Crippen MR) is 128 cm³/mol. The third-order valence-electron chi connectivity index (χ3n) is 4.88. The molecule has 6 nitrogen and oxygen atoms in total. The van der Waals surface area contributed by atoms with Gasteiger partial charge in [0.1, 0.15) is 17.3 Å². The van der Waals surface area contributed by atoms with Crippen LogP contribution < -0.4 is 4.74 Å². The Balaban J connectivity index is 1.48. The van der Waals surface area contributed by atoms with Crippen molar-refractivity contribution in [2.24, 2.45) is 0 Å². The molecule has 1 unspecified atom stereocenters. The van der Waals surface area contributed by atoms with Crippen molar-refractivity contribution in [2.45, 2.75) is 29.9 Å². The van der Waals surface area contributed by atoms with E-state index in [-0.39, 0.29) is 11.5 Å². The van der Waals surface area contributed by atoms with Crippen molar-refractivity contribution in [3.05, 3.63) is 72.9 Å². The predicted octanol–water partition coefficient (Wildman–Crippen LogP) is 4.31. The standard InChI is InChI=1S/C24H28N2O4S2/c1-3-26(4-2)32(28,29)23-14-15-24(25-16-23)31-18-21(27)17-30-22-12-10-20(11-13-22)19-8-6-5-7-9-19/h5-16,21,27H,3-4,17-18H2,1-2H3. The first-order chi connectivity index (χ1) is 15.4.